The predicted octanol–water partition coefficient (Wildman–Crippen LogP) is 3.56. The van der Waals surface area contributed by atoms with E-state index in [1.165, 1.54) is 5.56 Å². The van der Waals surface area contributed by atoms with Crippen molar-refractivity contribution in [2.75, 3.05) is 0 Å². The maximum absolute atomic E-state index is 10.9. The lowest BCUT2D eigenvalue weighted by Crippen LogP contribution is -1.84. The van der Waals surface area contributed by atoms with Gasteiger partial charge < -0.3 is 0 Å². The summed E-state index contributed by atoms with van der Waals surface area (Å²) in [6, 6.07) is 6.13. The molecule has 0 aliphatic rings. The molecule has 0 fully saturated rings. The molecular formula is C11H10OS2. The van der Waals surface area contributed by atoms with Gasteiger partial charge in [-0.2, -0.15) is 0 Å². The number of rotatable bonds is 2. The van der Waals surface area contributed by atoms with Gasteiger partial charge in [0, 0.05) is 15.6 Å². The second-order valence-electron chi connectivity index (χ2n) is 3.08. The summed E-state index contributed by atoms with van der Waals surface area (Å²) in [5.74, 6) is 0. The van der Waals surface area contributed by atoms with Crippen molar-refractivity contribution in [2.45, 2.75) is 17.6 Å². The molecular weight excluding hydrogens is 212 g/mol. The Morgan fingerprint density at radius 1 is 1.50 bits per heavy atom. The Morgan fingerprint density at radius 2 is 2.29 bits per heavy atom. The first-order chi connectivity index (χ1) is 6.77. The second kappa shape index (κ2) is 3.75. The van der Waals surface area contributed by atoms with Gasteiger partial charge in [-0.25, -0.2) is 0 Å². The van der Waals surface area contributed by atoms with Gasteiger partial charge in [0.25, 0.3) is 0 Å². The van der Waals surface area contributed by atoms with Crippen LogP contribution in [0.3, 0.4) is 0 Å². The number of carbonyl (C=O) groups excluding carboxylic acids is 1. The van der Waals surface area contributed by atoms with Crippen LogP contribution in [0.15, 0.2) is 22.4 Å². The van der Waals surface area contributed by atoms with E-state index in [1.54, 1.807) is 11.3 Å². The average Bonchev–Trinajstić information content (AvgIpc) is 2.52. The molecule has 0 N–H and O–H groups in total. The molecule has 0 atom stereocenters. The number of thiophene rings is 1. The summed E-state index contributed by atoms with van der Waals surface area (Å²) in [6.07, 6.45) is 1.85. The molecule has 14 heavy (non-hydrogen) atoms. The van der Waals surface area contributed by atoms with Gasteiger partial charge in [0.05, 0.1) is 4.21 Å². The highest BCUT2D eigenvalue weighted by Crippen LogP contribution is 2.34. The van der Waals surface area contributed by atoms with E-state index in [0.29, 0.717) is 0 Å². The lowest BCUT2D eigenvalue weighted by molar-refractivity contribution is 0.112. The zero-order valence-electron chi connectivity index (χ0n) is 7.78. The van der Waals surface area contributed by atoms with Gasteiger partial charge in [0.1, 0.15) is 0 Å². The molecule has 1 nitrogen and oxygen atoms in total. The number of carbonyl (C=O) groups is 1. The fourth-order valence-electron chi connectivity index (χ4n) is 1.64. The van der Waals surface area contributed by atoms with Crippen molar-refractivity contribution < 1.29 is 4.79 Å². The van der Waals surface area contributed by atoms with E-state index in [0.717, 1.165) is 32.6 Å². The second-order valence-corrected chi connectivity index (χ2v) is 4.88. The Kier molecular flexibility index (Phi) is 2.61. The number of aryl methyl sites for hydroxylation is 1. The van der Waals surface area contributed by atoms with Gasteiger partial charge in [-0.1, -0.05) is 19.1 Å². The Bertz CT molecular complexity index is 485. The first-order valence-corrected chi connectivity index (χ1v) is 5.72. The van der Waals surface area contributed by atoms with Crippen LogP contribution in [-0.4, -0.2) is 6.29 Å². The molecule has 1 aromatic heterocycles. The molecule has 0 aliphatic carbocycles. The molecule has 72 valence electrons. The summed E-state index contributed by atoms with van der Waals surface area (Å²) in [4.78, 5) is 10.9. The van der Waals surface area contributed by atoms with E-state index in [2.05, 4.69) is 25.6 Å². The minimum absolute atomic E-state index is 0.741. The van der Waals surface area contributed by atoms with E-state index in [1.807, 2.05) is 12.1 Å². The summed E-state index contributed by atoms with van der Waals surface area (Å²) in [5, 5.41) is 1.08. The first kappa shape index (κ1) is 9.74. The van der Waals surface area contributed by atoms with Crippen LogP contribution in [0.25, 0.3) is 10.1 Å². The summed E-state index contributed by atoms with van der Waals surface area (Å²) in [5.41, 5.74) is 1.96. The predicted molar refractivity (Wildman–Crippen MR) is 63.8 cm³/mol. The number of thiol groups is 1. The Labute approximate surface area is 92.2 Å². The smallest absolute Gasteiger partial charge is 0.152 e. The summed E-state index contributed by atoms with van der Waals surface area (Å²) in [7, 11) is 0. The van der Waals surface area contributed by atoms with Crippen molar-refractivity contribution in [3.8, 4) is 0 Å². The van der Waals surface area contributed by atoms with E-state index in [-0.39, 0.29) is 0 Å². The van der Waals surface area contributed by atoms with Gasteiger partial charge in [0.2, 0.25) is 0 Å². The molecule has 1 heterocycles. The first-order valence-electron chi connectivity index (χ1n) is 4.46. The monoisotopic (exact) mass is 222 g/mol. The number of fused-ring (bicyclic) bond motifs is 1. The van der Waals surface area contributed by atoms with Gasteiger partial charge in [-0.05, 0) is 18.1 Å². The summed E-state index contributed by atoms with van der Waals surface area (Å²) in [6.45, 7) is 2.10. The third kappa shape index (κ3) is 1.37. The minimum Gasteiger partial charge on any atom is -0.298 e. The molecule has 0 aliphatic heterocycles. The minimum atomic E-state index is 0.741. The maximum Gasteiger partial charge on any atom is 0.152 e. The van der Waals surface area contributed by atoms with Crippen LogP contribution in [0.4, 0.5) is 0 Å². The van der Waals surface area contributed by atoms with Crippen molar-refractivity contribution in [1.29, 1.82) is 0 Å². The molecule has 0 amide bonds. The van der Waals surface area contributed by atoms with Crippen molar-refractivity contribution in [2.24, 2.45) is 0 Å². The van der Waals surface area contributed by atoms with E-state index < -0.39 is 0 Å². The number of hydrogen-bond acceptors (Lipinski definition) is 3. The van der Waals surface area contributed by atoms with Crippen LogP contribution in [0.1, 0.15) is 22.8 Å². The fourth-order valence-corrected chi connectivity index (χ4v) is 3.06. The van der Waals surface area contributed by atoms with Crippen LogP contribution in [-0.2, 0) is 6.42 Å². The molecule has 2 rings (SSSR count). The molecule has 2 aromatic rings. The largest absolute Gasteiger partial charge is 0.298 e. The molecule has 1 aromatic carbocycles. The highest BCUT2D eigenvalue weighted by Gasteiger charge is 2.11. The van der Waals surface area contributed by atoms with Crippen LogP contribution < -0.4 is 0 Å². The third-order valence-corrected chi connectivity index (χ3v) is 3.81. The average molecular weight is 222 g/mol. The van der Waals surface area contributed by atoms with Crippen molar-refractivity contribution in [3.05, 3.63) is 29.3 Å². The SMILES string of the molecule is CCc1cccc2sc(S)c(C=O)c12. The lowest BCUT2D eigenvalue weighted by Gasteiger charge is -1.99. The summed E-state index contributed by atoms with van der Waals surface area (Å²) >= 11 is 5.88. The summed E-state index contributed by atoms with van der Waals surface area (Å²) < 4.78 is 1.97. The molecule has 3 heteroatoms. The lowest BCUT2D eigenvalue weighted by atomic mass is 10.1. The van der Waals surface area contributed by atoms with Crippen LogP contribution in [0.5, 0.6) is 0 Å². The zero-order chi connectivity index (χ0) is 10.1. The Morgan fingerprint density at radius 3 is 2.93 bits per heavy atom. The van der Waals surface area contributed by atoms with Gasteiger partial charge in [-0.15, -0.1) is 24.0 Å². The topological polar surface area (TPSA) is 17.1 Å². The highest BCUT2D eigenvalue weighted by molar-refractivity contribution is 7.83. The van der Waals surface area contributed by atoms with E-state index in [9.17, 15) is 4.79 Å². The fraction of sp³-hybridized carbons (Fsp3) is 0.182. The maximum atomic E-state index is 10.9. The molecule has 0 spiro atoms. The van der Waals surface area contributed by atoms with Gasteiger partial charge in [0.15, 0.2) is 6.29 Å². The quantitative estimate of drug-likeness (QED) is 0.607. The Balaban J connectivity index is 2.89. The van der Waals surface area contributed by atoms with Crippen molar-refractivity contribution in [1.82, 2.24) is 0 Å². The molecule has 0 bridgehead atoms. The zero-order valence-corrected chi connectivity index (χ0v) is 9.49. The number of aldehydes is 1. The third-order valence-electron chi connectivity index (χ3n) is 2.32. The highest BCUT2D eigenvalue weighted by atomic mass is 32.2. The number of hydrogen-bond donors (Lipinski definition) is 1. The van der Waals surface area contributed by atoms with Crippen LogP contribution >= 0.6 is 24.0 Å². The number of benzene rings is 1. The van der Waals surface area contributed by atoms with Crippen molar-refractivity contribution in [3.63, 3.8) is 0 Å². The molecule has 0 unspecified atom stereocenters. The van der Waals surface area contributed by atoms with Crippen molar-refractivity contribution >= 4 is 40.3 Å². The van der Waals surface area contributed by atoms with Crippen LogP contribution in [0, 0.1) is 0 Å². The molecule has 0 saturated carbocycles. The standard InChI is InChI=1S/C11H10OS2/c1-2-7-4-3-5-9-10(7)8(6-12)11(13)14-9/h3-6,13H,2H2,1H3. The van der Waals surface area contributed by atoms with Crippen LogP contribution in [0.2, 0.25) is 0 Å². The molecule has 0 radical (unpaired) electrons. The molecule has 0 saturated heterocycles. The normalized spacial score (nSPS) is 10.7. The van der Waals surface area contributed by atoms with E-state index >= 15 is 0 Å². The van der Waals surface area contributed by atoms with E-state index in [4.69, 9.17) is 0 Å². The Hall–Kier alpha value is -0.800. The van der Waals surface area contributed by atoms with Gasteiger partial charge in [-0.3, -0.25) is 4.79 Å². The van der Waals surface area contributed by atoms with Gasteiger partial charge >= 0.3 is 0 Å².